The monoisotopic (exact) mass is 280 g/mol. The van der Waals surface area contributed by atoms with Gasteiger partial charge in [0.15, 0.2) is 18.1 Å². The molecule has 7 heteroatoms. The van der Waals surface area contributed by atoms with Gasteiger partial charge in [0.1, 0.15) is 5.60 Å². The van der Waals surface area contributed by atoms with E-state index in [-0.39, 0.29) is 24.0 Å². The molecule has 0 spiro atoms. The van der Waals surface area contributed by atoms with Crippen LogP contribution in [0.25, 0.3) is 0 Å². The summed E-state index contributed by atoms with van der Waals surface area (Å²) < 4.78 is 10.2. The lowest BCUT2D eigenvalue weighted by atomic mass is 10.2. The summed E-state index contributed by atoms with van der Waals surface area (Å²) in [6.07, 6.45) is -0.653. The topological polar surface area (TPSA) is 96.9 Å². The van der Waals surface area contributed by atoms with E-state index in [1.165, 1.54) is 12.1 Å². The highest BCUT2D eigenvalue weighted by atomic mass is 16.6. The van der Waals surface area contributed by atoms with E-state index in [0.717, 1.165) is 0 Å². The zero-order valence-corrected chi connectivity index (χ0v) is 11.4. The third-order valence-corrected chi connectivity index (χ3v) is 2.34. The van der Waals surface area contributed by atoms with E-state index >= 15 is 0 Å². The Morgan fingerprint density at radius 1 is 1.45 bits per heavy atom. The van der Waals surface area contributed by atoms with Gasteiger partial charge < -0.3 is 19.9 Å². The number of aromatic hydroxyl groups is 1. The molecule has 20 heavy (non-hydrogen) atoms. The highest BCUT2D eigenvalue weighted by Gasteiger charge is 2.22. The number of benzene rings is 1. The number of ether oxygens (including phenoxy) is 2. The minimum Gasteiger partial charge on any atom is -0.504 e. The van der Waals surface area contributed by atoms with Gasteiger partial charge in [-0.1, -0.05) is 0 Å². The van der Waals surface area contributed by atoms with Crippen LogP contribution in [0.5, 0.6) is 11.5 Å². The van der Waals surface area contributed by atoms with Crippen LogP contribution in [-0.4, -0.2) is 29.3 Å². The van der Waals surface area contributed by atoms with Crippen molar-refractivity contribution in [2.45, 2.75) is 26.4 Å². The summed E-state index contributed by atoms with van der Waals surface area (Å²) >= 11 is 0. The average molecular weight is 280 g/mol. The maximum Gasteiger partial charge on any atom is 0.412 e. The number of carbonyl (C=O) groups is 2. The summed E-state index contributed by atoms with van der Waals surface area (Å²) in [7, 11) is 0. The summed E-state index contributed by atoms with van der Waals surface area (Å²) in [5, 5.41) is 14.8. The minimum atomic E-state index is -0.653. The number of phenolic OH excluding ortho intramolecular Hbond substituents is 1. The maximum atomic E-state index is 11.6. The fourth-order valence-electron chi connectivity index (χ4n) is 1.68. The van der Waals surface area contributed by atoms with Crippen molar-refractivity contribution < 1.29 is 24.2 Å². The van der Waals surface area contributed by atoms with Crippen molar-refractivity contribution in [1.82, 2.24) is 0 Å². The minimum absolute atomic E-state index is 0.153. The summed E-state index contributed by atoms with van der Waals surface area (Å²) in [6, 6.07) is 2.80. The molecule has 0 atom stereocenters. The molecule has 0 fully saturated rings. The van der Waals surface area contributed by atoms with Crippen molar-refractivity contribution in [1.29, 1.82) is 0 Å². The molecular weight excluding hydrogens is 264 g/mol. The van der Waals surface area contributed by atoms with Crippen LogP contribution in [0.1, 0.15) is 20.8 Å². The Morgan fingerprint density at radius 3 is 2.80 bits per heavy atom. The number of hydrogen-bond donors (Lipinski definition) is 3. The molecule has 108 valence electrons. The molecule has 1 aromatic rings. The van der Waals surface area contributed by atoms with E-state index in [2.05, 4.69) is 10.6 Å². The first-order valence-electron chi connectivity index (χ1n) is 6.04. The van der Waals surface area contributed by atoms with Gasteiger partial charge in [-0.25, -0.2) is 4.79 Å². The van der Waals surface area contributed by atoms with Crippen molar-refractivity contribution in [2.24, 2.45) is 0 Å². The molecule has 0 bridgehead atoms. The van der Waals surface area contributed by atoms with Gasteiger partial charge in [-0.3, -0.25) is 10.1 Å². The molecule has 0 saturated heterocycles. The largest absolute Gasteiger partial charge is 0.504 e. The van der Waals surface area contributed by atoms with Crippen LogP contribution in [0, 0.1) is 0 Å². The average Bonchev–Trinajstić information content (AvgIpc) is 2.24. The van der Waals surface area contributed by atoms with Gasteiger partial charge in [0.25, 0.3) is 5.91 Å². The van der Waals surface area contributed by atoms with E-state index in [0.29, 0.717) is 11.4 Å². The Kier molecular flexibility index (Phi) is 3.44. The van der Waals surface area contributed by atoms with Crippen molar-refractivity contribution in [3.63, 3.8) is 0 Å². The Labute approximate surface area is 115 Å². The van der Waals surface area contributed by atoms with Crippen molar-refractivity contribution in [2.75, 3.05) is 17.2 Å². The molecule has 1 aliphatic heterocycles. The molecule has 1 heterocycles. The molecule has 0 unspecified atom stereocenters. The van der Waals surface area contributed by atoms with E-state index in [1.807, 2.05) is 0 Å². The number of amides is 2. The standard InChI is InChI=1S/C13H16N2O5/c1-13(2,3)20-12(18)14-7-4-8-11(9(16)5-7)19-6-10(17)15-8/h4-5,16H,6H2,1-3H3,(H,14,18)(H,15,17). The Balaban J connectivity index is 2.18. The molecule has 7 nitrogen and oxygen atoms in total. The maximum absolute atomic E-state index is 11.6. The third kappa shape index (κ3) is 3.31. The Bertz CT molecular complexity index is 563. The number of phenols is 1. The molecule has 2 amide bonds. The number of nitrogens with one attached hydrogen (secondary N) is 2. The predicted molar refractivity (Wildman–Crippen MR) is 72.1 cm³/mol. The second-order valence-electron chi connectivity index (χ2n) is 5.34. The quantitative estimate of drug-likeness (QED) is 0.731. The molecule has 1 aliphatic rings. The summed E-state index contributed by atoms with van der Waals surface area (Å²) in [5.41, 5.74) is -0.0360. The SMILES string of the molecule is CC(C)(C)OC(=O)Nc1cc(O)c2c(c1)NC(=O)CO2. The van der Waals surface area contributed by atoms with Gasteiger partial charge >= 0.3 is 6.09 Å². The van der Waals surface area contributed by atoms with Crippen molar-refractivity contribution >= 4 is 23.4 Å². The van der Waals surface area contributed by atoms with E-state index in [1.54, 1.807) is 20.8 Å². The highest BCUT2D eigenvalue weighted by Crippen LogP contribution is 2.39. The number of fused-ring (bicyclic) bond motifs is 1. The van der Waals surface area contributed by atoms with E-state index in [9.17, 15) is 14.7 Å². The molecular formula is C13H16N2O5. The highest BCUT2D eigenvalue weighted by molar-refractivity contribution is 5.98. The van der Waals surface area contributed by atoms with Crippen LogP contribution in [0.2, 0.25) is 0 Å². The van der Waals surface area contributed by atoms with Crippen LogP contribution >= 0.6 is 0 Å². The second kappa shape index (κ2) is 4.92. The Hall–Kier alpha value is -2.44. The lowest BCUT2D eigenvalue weighted by molar-refractivity contribution is -0.118. The predicted octanol–water partition coefficient (Wildman–Crippen LogP) is 2.07. The molecule has 0 aromatic heterocycles. The van der Waals surface area contributed by atoms with Crippen LogP contribution in [0.15, 0.2) is 12.1 Å². The van der Waals surface area contributed by atoms with Crippen LogP contribution in [0.4, 0.5) is 16.2 Å². The summed E-state index contributed by atoms with van der Waals surface area (Å²) in [5.74, 6) is -0.320. The summed E-state index contributed by atoms with van der Waals surface area (Å²) in [4.78, 5) is 22.9. The smallest absolute Gasteiger partial charge is 0.412 e. The molecule has 0 radical (unpaired) electrons. The first kappa shape index (κ1) is 14.0. The van der Waals surface area contributed by atoms with E-state index in [4.69, 9.17) is 9.47 Å². The number of rotatable bonds is 1. The normalized spacial score (nSPS) is 13.8. The van der Waals surface area contributed by atoms with Gasteiger partial charge in [0, 0.05) is 6.07 Å². The van der Waals surface area contributed by atoms with Gasteiger partial charge in [0.2, 0.25) is 0 Å². The Morgan fingerprint density at radius 2 is 2.15 bits per heavy atom. The molecule has 1 aromatic carbocycles. The first-order chi connectivity index (χ1) is 9.24. The number of anilines is 2. The van der Waals surface area contributed by atoms with Gasteiger partial charge in [-0.15, -0.1) is 0 Å². The van der Waals surface area contributed by atoms with Crippen LogP contribution in [-0.2, 0) is 9.53 Å². The van der Waals surface area contributed by atoms with Crippen LogP contribution < -0.4 is 15.4 Å². The van der Waals surface area contributed by atoms with Crippen LogP contribution in [0.3, 0.4) is 0 Å². The lowest BCUT2D eigenvalue weighted by Crippen LogP contribution is -2.28. The number of hydrogen-bond acceptors (Lipinski definition) is 5. The molecule has 2 rings (SSSR count). The summed E-state index contributed by atoms with van der Waals surface area (Å²) in [6.45, 7) is 5.07. The van der Waals surface area contributed by atoms with Crippen molar-refractivity contribution in [3.8, 4) is 11.5 Å². The van der Waals surface area contributed by atoms with Gasteiger partial charge in [-0.05, 0) is 26.8 Å². The second-order valence-corrected chi connectivity index (χ2v) is 5.34. The van der Waals surface area contributed by atoms with Gasteiger partial charge in [-0.2, -0.15) is 0 Å². The number of carbonyl (C=O) groups excluding carboxylic acids is 2. The zero-order chi connectivity index (χ0) is 14.9. The van der Waals surface area contributed by atoms with E-state index < -0.39 is 11.7 Å². The molecule has 0 aliphatic carbocycles. The van der Waals surface area contributed by atoms with Gasteiger partial charge in [0.05, 0.1) is 11.4 Å². The fourth-order valence-corrected chi connectivity index (χ4v) is 1.68. The molecule has 3 N–H and O–H groups in total. The fraction of sp³-hybridized carbons (Fsp3) is 0.385. The lowest BCUT2D eigenvalue weighted by Gasteiger charge is -2.22. The molecule has 0 saturated carbocycles. The first-order valence-corrected chi connectivity index (χ1v) is 6.04. The zero-order valence-electron chi connectivity index (χ0n) is 11.4. The van der Waals surface area contributed by atoms with Crippen molar-refractivity contribution in [3.05, 3.63) is 12.1 Å². The third-order valence-electron chi connectivity index (χ3n) is 2.34.